The molecule has 4 amide bonds. The third-order valence-corrected chi connectivity index (χ3v) is 5.78. The number of nitrogens with one attached hydrogen (secondary N) is 2. The highest BCUT2D eigenvalue weighted by atomic mass is 16.5. The Kier molecular flexibility index (Phi) is 6.91. The van der Waals surface area contributed by atoms with Crippen molar-refractivity contribution in [2.75, 3.05) is 6.61 Å². The van der Waals surface area contributed by atoms with Crippen molar-refractivity contribution in [3.05, 3.63) is 102 Å². The molecule has 0 radical (unpaired) electrons. The maximum Gasteiger partial charge on any atom is 0.344 e. The van der Waals surface area contributed by atoms with E-state index >= 15 is 0 Å². The van der Waals surface area contributed by atoms with E-state index in [2.05, 4.69) is 10.7 Å². The lowest BCUT2D eigenvalue weighted by atomic mass is 9.93. The topological polar surface area (TPSA) is 105 Å². The number of carbonyl (C=O) groups excluding carboxylic acids is 4. The van der Waals surface area contributed by atoms with Gasteiger partial charge in [0.15, 0.2) is 12.4 Å². The predicted octanol–water partition coefficient (Wildman–Crippen LogP) is 3.27. The van der Waals surface area contributed by atoms with Gasteiger partial charge in [-0.25, -0.2) is 4.79 Å². The molecular formula is C27H25N3O5. The molecule has 1 aliphatic heterocycles. The minimum Gasteiger partial charge on any atom is -0.484 e. The number of imide groups is 1. The van der Waals surface area contributed by atoms with Gasteiger partial charge in [0.25, 0.3) is 11.8 Å². The molecule has 0 saturated carbocycles. The average Bonchev–Trinajstić information content (AvgIpc) is 3.10. The van der Waals surface area contributed by atoms with Gasteiger partial charge in [-0.15, -0.1) is 0 Å². The summed E-state index contributed by atoms with van der Waals surface area (Å²) in [6.45, 7) is 1.22. The van der Waals surface area contributed by atoms with Gasteiger partial charge in [0.2, 0.25) is 0 Å². The lowest BCUT2D eigenvalue weighted by Gasteiger charge is -2.21. The lowest BCUT2D eigenvalue weighted by molar-refractivity contribution is -0.139. The minimum atomic E-state index is -1.12. The third-order valence-electron chi connectivity index (χ3n) is 5.78. The quantitative estimate of drug-likeness (QED) is 0.368. The van der Waals surface area contributed by atoms with Crippen molar-refractivity contribution in [1.82, 2.24) is 15.8 Å². The number of aryl methyl sites for hydroxylation is 1. The number of carbonyl (C=O) groups is 4. The Balaban J connectivity index is 1.29. The Hall–Kier alpha value is -4.46. The largest absolute Gasteiger partial charge is 0.484 e. The second-order valence-corrected chi connectivity index (χ2v) is 8.43. The van der Waals surface area contributed by atoms with Crippen LogP contribution in [0.5, 0.6) is 5.75 Å². The van der Waals surface area contributed by atoms with Crippen molar-refractivity contribution in [3.63, 3.8) is 0 Å². The van der Waals surface area contributed by atoms with Gasteiger partial charge in [-0.1, -0.05) is 60.7 Å². The van der Waals surface area contributed by atoms with Gasteiger partial charge in [-0.05, 0) is 49.6 Å². The van der Waals surface area contributed by atoms with Crippen molar-refractivity contribution in [1.29, 1.82) is 0 Å². The van der Waals surface area contributed by atoms with Crippen LogP contribution in [0.2, 0.25) is 0 Å². The molecule has 3 aromatic rings. The molecule has 1 aliphatic rings. The Morgan fingerprint density at radius 2 is 1.49 bits per heavy atom. The van der Waals surface area contributed by atoms with Crippen LogP contribution in [0.4, 0.5) is 4.79 Å². The molecule has 0 spiro atoms. The zero-order valence-electron chi connectivity index (χ0n) is 19.2. The molecule has 1 heterocycles. The molecule has 1 fully saturated rings. The molecule has 1 saturated heterocycles. The van der Waals surface area contributed by atoms with E-state index in [-0.39, 0.29) is 5.78 Å². The fourth-order valence-electron chi connectivity index (χ4n) is 3.76. The summed E-state index contributed by atoms with van der Waals surface area (Å²) in [5, 5.41) is 3.35. The molecule has 8 heteroatoms. The smallest absolute Gasteiger partial charge is 0.344 e. The number of hydrogen-bond acceptors (Lipinski definition) is 5. The summed E-state index contributed by atoms with van der Waals surface area (Å²) in [5.74, 6) is -0.945. The van der Waals surface area contributed by atoms with E-state index in [4.69, 9.17) is 4.74 Å². The molecule has 3 aromatic carbocycles. The van der Waals surface area contributed by atoms with E-state index in [0.29, 0.717) is 34.7 Å². The normalized spacial score (nSPS) is 17.1. The summed E-state index contributed by atoms with van der Waals surface area (Å²) >= 11 is 0. The maximum atomic E-state index is 12.8. The van der Waals surface area contributed by atoms with Crippen molar-refractivity contribution in [2.45, 2.75) is 25.3 Å². The molecule has 1 unspecified atom stereocenters. The van der Waals surface area contributed by atoms with Crippen LogP contribution in [0.3, 0.4) is 0 Å². The first kappa shape index (κ1) is 23.7. The Labute approximate surface area is 202 Å². The number of ether oxygens (including phenoxy) is 1. The van der Waals surface area contributed by atoms with Gasteiger partial charge < -0.3 is 10.1 Å². The van der Waals surface area contributed by atoms with Crippen LogP contribution < -0.4 is 15.5 Å². The molecule has 2 N–H and O–H groups in total. The van der Waals surface area contributed by atoms with Gasteiger partial charge in [0, 0.05) is 11.1 Å². The van der Waals surface area contributed by atoms with Crippen molar-refractivity contribution < 1.29 is 23.9 Å². The number of benzene rings is 3. The molecule has 8 nitrogen and oxygen atoms in total. The summed E-state index contributed by atoms with van der Waals surface area (Å²) < 4.78 is 5.45. The number of hydrogen-bond donors (Lipinski definition) is 2. The number of ketones is 1. The number of amides is 4. The molecular weight excluding hydrogens is 446 g/mol. The Morgan fingerprint density at radius 3 is 2.14 bits per heavy atom. The predicted molar refractivity (Wildman–Crippen MR) is 128 cm³/mol. The second kappa shape index (κ2) is 10.2. The van der Waals surface area contributed by atoms with Crippen molar-refractivity contribution in [3.8, 4) is 5.75 Å². The first-order chi connectivity index (χ1) is 16.9. The molecule has 0 aliphatic carbocycles. The highest BCUT2D eigenvalue weighted by Crippen LogP contribution is 2.22. The van der Waals surface area contributed by atoms with Gasteiger partial charge in [-0.2, -0.15) is 5.01 Å². The fraction of sp³-hybridized carbons (Fsp3) is 0.185. The molecule has 0 bridgehead atoms. The van der Waals surface area contributed by atoms with Gasteiger partial charge in [0.1, 0.15) is 11.3 Å². The van der Waals surface area contributed by atoms with Crippen LogP contribution >= 0.6 is 0 Å². The van der Waals surface area contributed by atoms with Crippen LogP contribution in [-0.4, -0.2) is 40.8 Å². The average molecular weight is 472 g/mol. The van der Waals surface area contributed by atoms with E-state index in [1.54, 1.807) is 55.5 Å². The van der Waals surface area contributed by atoms with Crippen LogP contribution in [0.15, 0.2) is 84.9 Å². The standard InChI is InChI=1S/C27H25N3O5/c1-27(17-16-19-8-4-2-5-9-19)25(33)30(26(34)28-27)29-23(31)18-35-22-14-12-21(13-15-22)24(32)20-10-6-3-7-11-20/h2-15H,16-18H2,1H3,(H,28,34)(H,29,31). The van der Waals surface area contributed by atoms with Gasteiger partial charge in [-0.3, -0.25) is 19.8 Å². The number of hydrazine groups is 1. The van der Waals surface area contributed by atoms with Gasteiger partial charge >= 0.3 is 6.03 Å². The Morgan fingerprint density at radius 1 is 0.886 bits per heavy atom. The molecule has 0 aromatic heterocycles. The summed E-state index contributed by atoms with van der Waals surface area (Å²) in [4.78, 5) is 50.0. The monoisotopic (exact) mass is 471 g/mol. The minimum absolute atomic E-state index is 0.122. The van der Waals surface area contributed by atoms with Gasteiger partial charge in [0.05, 0.1) is 0 Å². The maximum absolute atomic E-state index is 12.8. The fourth-order valence-corrected chi connectivity index (χ4v) is 3.76. The molecule has 35 heavy (non-hydrogen) atoms. The molecule has 4 rings (SSSR count). The summed E-state index contributed by atoms with van der Waals surface area (Å²) in [6.07, 6.45) is 0.982. The SMILES string of the molecule is CC1(CCc2ccccc2)NC(=O)N(NC(=O)COc2ccc(C(=O)c3ccccc3)cc2)C1=O. The Bertz CT molecular complexity index is 1230. The number of nitrogens with zero attached hydrogens (tertiary/aromatic N) is 1. The first-order valence-electron chi connectivity index (χ1n) is 11.2. The summed E-state index contributed by atoms with van der Waals surface area (Å²) in [5.41, 5.74) is 3.29. The third kappa shape index (κ3) is 5.55. The summed E-state index contributed by atoms with van der Waals surface area (Å²) in [7, 11) is 0. The van der Waals surface area contributed by atoms with Crippen LogP contribution in [0.25, 0.3) is 0 Å². The number of urea groups is 1. The molecule has 1 atom stereocenters. The zero-order valence-corrected chi connectivity index (χ0v) is 19.2. The van der Waals surface area contributed by atoms with E-state index in [9.17, 15) is 19.2 Å². The lowest BCUT2D eigenvalue weighted by Crippen LogP contribution is -2.50. The molecule has 178 valence electrons. The first-order valence-corrected chi connectivity index (χ1v) is 11.2. The van der Waals surface area contributed by atoms with Crippen molar-refractivity contribution >= 4 is 23.6 Å². The van der Waals surface area contributed by atoms with Crippen LogP contribution in [0.1, 0.15) is 34.8 Å². The van der Waals surface area contributed by atoms with Crippen LogP contribution in [-0.2, 0) is 16.0 Å². The number of rotatable bonds is 9. The summed E-state index contributed by atoms with van der Waals surface area (Å²) in [6, 6.07) is 24.2. The highest BCUT2D eigenvalue weighted by Gasteiger charge is 2.48. The second-order valence-electron chi connectivity index (χ2n) is 8.43. The van der Waals surface area contributed by atoms with Crippen LogP contribution in [0, 0.1) is 0 Å². The zero-order chi connectivity index (χ0) is 24.8. The highest BCUT2D eigenvalue weighted by molar-refractivity contribution is 6.09. The van der Waals surface area contributed by atoms with E-state index in [1.165, 1.54) is 0 Å². The van der Waals surface area contributed by atoms with Crippen molar-refractivity contribution in [2.24, 2.45) is 0 Å². The van der Waals surface area contributed by atoms with E-state index in [0.717, 1.165) is 5.56 Å². The van der Waals surface area contributed by atoms with E-state index < -0.39 is 30.0 Å². The van der Waals surface area contributed by atoms with E-state index in [1.807, 2.05) is 36.4 Å².